The zero-order valence-corrected chi connectivity index (χ0v) is 20.4. The van der Waals surface area contributed by atoms with Crippen LogP contribution in [-0.4, -0.2) is 35.2 Å². The quantitative estimate of drug-likeness (QED) is 0.424. The Bertz CT molecular complexity index is 1230. The van der Waals surface area contributed by atoms with Gasteiger partial charge in [-0.05, 0) is 73.2 Å². The molecule has 8 nitrogen and oxygen atoms in total. The highest BCUT2D eigenvalue weighted by molar-refractivity contribution is 7.92. The van der Waals surface area contributed by atoms with Crippen LogP contribution >= 0.6 is 11.6 Å². The maximum absolute atomic E-state index is 12.5. The highest BCUT2D eigenvalue weighted by Crippen LogP contribution is 2.30. The summed E-state index contributed by atoms with van der Waals surface area (Å²) in [6.45, 7) is 1.61. The van der Waals surface area contributed by atoms with Gasteiger partial charge in [0.15, 0.2) is 18.1 Å². The van der Waals surface area contributed by atoms with Crippen molar-refractivity contribution in [1.29, 1.82) is 0 Å². The maximum Gasteiger partial charge on any atom is 0.261 e. The van der Waals surface area contributed by atoms with Crippen LogP contribution in [0.4, 0.5) is 5.69 Å². The molecule has 3 aromatic rings. The Morgan fingerprint density at radius 1 is 0.941 bits per heavy atom. The number of ether oxygens (including phenoxy) is 3. The largest absolute Gasteiger partial charge is 0.493 e. The normalized spacial score (nSPS) is 11.9. The van der Waals surface area contributed by atoms with Gasteiger partial charge in [0, 0.05) is 10.7 Å². The molecule has 0 unspecified atom stereocenters. The third-order valence-corrected chi connectivity index (χ3v) is 6.53. The Labute approximate surface area is 203 Å². The lowest BCUT2D eigenvalue weighted by Gasteiger charge is -2.17. The Morgan fingerprint density at radius 2 is 1.59 bits per heavy atom. The zero-order chi connectivity index (χ0) is 24.7. The van der Waals surface area contributed by atoms with E-state index in [0.29, 0.717) is 28.0 Å². The van der Waals surface area contributed by atoms with Crippen molar-refractivity contribution in [3.8, 4) is 17.2 Å². The fraction of sp³-hybridized carbons (Fsp3) is 0.208. The predicted octanol–water partition coefficient (Wildman–Crippen LogP) is 4.41. The molecule has 0 fully saturated rings. The molecule has 180 valence electrons. The monoisotopic (exact) mass is 504 g/mol. The van der Waals surface area contributed by atoms with Crippen LogP contribution in [0.3, 0.4) is 0 Å². The average Bonchev–Trinajstić information content (AvgIpc) is 2.83. The van der Waals surface area contributed by atoms with Crippen molar-refractivity contribution in [2.75, 3.05) is 25.5 Å². The molecule has 0 aromatic heterocycles. The predicted molar refractivity (Wildman–Crippen MR) is 130 cm³/mol. The van der Waals surface area contributed by atoms with Gasteiger partial charge in [-0.3, -0.25) is 9.52 Å². The van der Waals surface area contributed by atoms with Crippen molar-refractivity contribution in [2.45, 2.75) is 17.9 Å². The summed E-state index contributed by atoms with van der Waals surface area (Å²) in [6, 6.07) is 17.2. The van der Waals surface area contributed by atoms with Gasteiger partial charge < -0.3 is 19.5 Å². The van der Waals surface area contributed by atoms with E-state index in [9.17, 15) is 13.2 Å². The summed E-state index contributed by atoms with van der Waals surface area (Å²) in [5.74, 6) is 1.20. The standard InChI is InChI=1S/C24H25ClN2O6S/c1-16(17-4-13-22(31-2)23(14-17)32-3)26-24(28)15-33-20-9-11-21(12-10-20)34(29,30)27-19-7-5-18(25)6-8-19/h4-14,16,27H,15H2,1-3H3,(H,26,28)/t16-/m0/s1. The molecule has 0 radical (unpaired) electrons. The van der Waals surface area contributed by atoms with Crippen molar-refractivity contribution >= 4 is 33.2 Å². The minimum atomic E-state index is -3.78. The zero-order valence-electron chi connectivity index (χ0n) is 18.9. The number of methoxy groups -OCH3 is 2. The summed E-state index contributed by atoms with van der Waals surface area (Å²) in [5, 5.41) is 3.35. The number of benzene rings is 3. The lowest BCUT2D eigenvalue weighted by molar-refractivity contribution is -0.123. The molecule has 0 spiro atoms. The maximum atomic E-state index is 12.5. The number of nitrogens with one attached hydrogen (secondary N) is 2. The Kier molecular flexibility index (Phi) is 8.25. The van der Waals surface area contributed by atoms with Crippen LogP contribution in [0, 0.1) is 0 Å². The summed E-state index contributed by atoms with van der Waals surface area (Å²) in [6.07, 6.45) is 0. The number of rotatable bonds is 10. The average molecular weight is 505 g/mol. The van der Waals surface area contributed by atoms with E-state index in [4.69, 9.17) is 25.8 Å². The molecule has 34 heavy (non-hydrogen) atoms. The molecule has 0 saturated heterocycles. The molecule has 0 aliphatic rings. The van der Waals surface area contributed by atoms with E-state index in [2.05, 4.69) is 10.0 Å². The molecular weight excluding hydrogens is 480 g/mol. The number of amides is 1. The van der Waals surface area contributed by atoms with E-state index in [0.717, 1.165) is 5.56 Å². The number of anilines is 1. The van der Waals surface area contributed by atoms with E-state index < -0.39 is 10.0 Å². The highest BCUT2D eigenvalue weighted by atomic mass is 35.5. The van der Waals surface area contributed by atoms with Crippen LogP contribution < -0.4 is 24.2 Å². The molecule has 0 aliphatic heterocycles. The minimum Gasteiger partial charge on any atom is -0.493 e. The summed E-state index contributed by atoms with van der Waals surface area (Å²) >= 11 is 5.82. The molecule has 2 N–H and O–H groups in total. The van der Waals surface area contributed by atoms with Gasteiger partial charge >= 0.3 is 0 Å². The van der Waals surface area contributed by atoms with Crippen LogP contribution in [0.5, 0.6) is 17.2 Å². The number of hydrogen-bond acceptors (Lipinski definition) is 6. The topological polar surface area (TPSA) is 103 Å². The summed E-state index contributed by atoms with van der Waals surface area (Å²) in [4.78, 5) is 12.4. The second-order valence-corrected chi connectivity index (χ2v) is 9.39. The SMILES string of the molecule is COc1ccc([C@H](C)NC(=O)COc2ccc(S(=O)(=O)Nc3ccc(Cl)cc3)cc2)cc1OC. The Morgan fingerprint density at radius 3 is 2.21 bits per heavy atom. The van der Waals surface area contributed by atoms with Crippen molar-refractivity contribution in [3.05, 3.63) is 77.3 Å². The van der Waals surface area contributed by atoms with Gasteiger partial charge in [0.05, 0.1) is 25.2 Å². The Hall–Kier alpha value is -3.43. The van der Waals surface area contributed by atoms with Gasteiger partial charge in [-0.1, -0.05) is 17.7 Å². The highest BCUT2D eigenvalue weighted by Gasteiger charge is 2.16. The van der Waals surface area contributed by atoms with Crippen LogP contribution in [0.2, 0.25) is 5.02 Å². The van der Waals surface area contributed by atoms with Crippen LogP contribution in [-0.2, 0) is 14.8 Å². The van der Waals surface area contributed by atoms with E-state index in [1.165, 1.54) is 24.3 Å². The Balaban J connectivity index is 1.55. The van der Waals surface area contributed by atoms with E-state index >= 15 is 0 Å². The molecule has 1 atom stereocenters. The summed E-state index contributed by atoms with van der Waals surface area (Å²) in [7, 11) is -0.680. The van der Waals surface area contributed by atoms with Gasteiger partial charge in [0.2, 0.25) is 0 Å². The number of hydrogen-bond donors (Lipinski definition) is 2. The van der Waals surface area contributed by atoms with E-state index in [-0.39, 0.29) is 23.5 Å². The molecule has 0 heterocycles. The third-order valence-electron chi connectivity index (χ3n) is 4.89. The first-order valence-corrected chi connectivity index (χ1v) is 12.1. The number of carbonyl (C=O) groups is 1. The van der Waals surface area contributed by atoms with Gasteiger partial charge in [-0.2, -0.15) is 0 Å². The van der Waals surface area contributed by atoms with E-state index in [1.54, 1.807) is 50.6 Å². The van der Waals surface area contributed by atoms with Gasteiger partial charge in [-0.25, -0.2) is 8.42 Å². The fourth-order valence-corrected chi connectivity index (χ4v) is 4.27. The molecule has 0 bridgehead atoms. The van der Waals surface area contributed by atoms with Gasteiger partial charge in [0.25, 0.3) is 15.9 Å². The van der Waals surface area contributed by atoms with Crippen molar-refractivity contribution in [3.63, 3.8) is 0 Å². The molecule has 0 saturated carbocycles. The van der Waals surface area contributed by atoms with Crippen LogP contribution in [0.1, 0.15) is 18.5 Å². The molecule has 10 heteroatoms. The van der Waals surface area contributed by atoms with Crippen molar-refractivity contribution in [2.24, 2.45) is 0 Å². The molecule has 3 aromatic carbocycles. The first-order chi connectivity index (χ1) is 16.2. The van der Waals surface area contributed by atoms with Gasteiger partial charge in [-0.15, -0.1) is 0 Å². The molecule has 1 amide bonds. The minimum absolute atomic E-state index is 0.0568. The number of carbonyl (C=O) groups excluding carboxylic acids is 1. The number of halogens is 1. The smallest absolute Gasteiger partial charge is 0.261 e. The van der Waals surface area contributed by atoms with Crippen LogP contribution in [0.25, 0.3) is 0 Å². The van der Waals surface area contributed by atoms with Gasteiger partial charge in [0.1, 0.15) is 5.75 Å². The number of sulfonamides is 1. The second-order valence-electron chi connectivity index (χ2n) is 7.28. The molecular formula is C24H25ClN2O6S. The second kappa shape index (κ2) is 11.1. The molecule has 3 rings (SSSR count). The summed E-state index contributed by atoms with van der Waals surface area (Å²) < 4.78 is 43.6. The lowest BCUT2D eigenvalue weighted by atomic mass is 10.1. The van der Waals surface area contributed by atoms with Crippen molar-refractivity contribution < 1.29 is 27.4 Å². The van der Waals surface area contributed by atoms with Crippen LogP contribution in [0.15, 0.2) is 71.6 Å². The van der Waals surface area contributed by atoms with E-state index in [1.807, 2.05) is 13.0 Å². The first-order valence-electron chi connectivity index (χ1n) is 10.2. The fourth-order valence-electron chi connectivity index (χ4n) is 3.08. The first kappa shape index (κ1) is 25.2. The molecule has 0 aliphatic carbocycles. The van der Waals surface area contributed by atoms with Crippen molar-refractivity contribution in [1.82, 2.24) is 5.32 Å². The summed E-state index contributed by atoms with van der Waals surface area (Å²) in [5.41, 5.74) is 1.23. The third kappa shape index (κ3) is 6.55. The lowest BCUT2D eigenvalue weighted by Crippen LogP contribution is -2.31.